The van der Waals surface area contributed by atoms with Crippen molar-refractivity contribution in [3.05, 3.63) is 160 Å². The number of thioether (sulfide) groups is 1. The van der Waals surface area contributed by atoms with Gasteiger partial charge in [0.2, 0.25) is 0 Å². The second-order valence-electron chi connectivity index (χ2n) is 16.2. The van der Waals surface area contributed by atoms with Crippen molar-refractivity contribution in [2.24, 2.45) is 17.8 Å². The average Bonchev–Trinajstić information content (AvgIpc) is 3.88. The van der Waals surface area contributed by atoms with Gasteiger partial charge in [-0.05, 0) is 136 Å². The molecule has 2 aliphatic heterocycles. The molecule has 2 aromatic rings. The lowest BCUT2D eigenvalue weighted by Gasteiger charge is -2.44. The first-order valence-corrected chi connectivity index (χ1v) is 21.1. The molecule has 3 heterocycles. The smallest absolute Gasteiger partial charge is 0.132 e. The summed E-state index contributed by atoms with van der Waals surface area (Å²) in [4.78, 5) is 5.50. The van der Waals surface area contributed by atoms with Gasteiger partial charge in [0, 0.05) is 56.2 Å². The van der Waals surface area contributed by atoms with E-state index in [2.05, 4.69) is 137 Å². The van der Waals surface area contributed by atoms with E-state index in [0.29, 0.717) is 28.3 Å². The maximum atomic E-state index is 6.61. The van der Waals surface area contributed by atoms with Crippen molar-refractivity contribution in [1.82, 2.24) is 4.90 Å². The van der Waals surface area contributed by atoms with Crippen LogP contribution in [0.4, 0.5) is 5.69 Å². The van der Waals surface area contributed by atoms with Crippen LogP contribution >= 0.6 is 11.8 Å². The zero-order valence-corrected chi connectivity index (χ0v) is 30.8. The summed E-state index contributed by atoms with van der Waals surface area (Å²) in [5.41, 5.74) is 13.3. The first kappa shape index (κ1) is 31.4. The third-order valence-electron chi connectivity index (χ3n) is 13.4. The molecule has 3 nitrogen and oxygen atoms in total. The number of allylic oxidation sites excluding steroid dienone is 10. The van der Waals surface area contributed by atoms with Crippen LogP contribution in [0.2, 0.25) is 0 Å². The number of para-hydroxylation sites is 1. The molecule has 1 fully saturated rings. The fourth-order valence-electron chi connectivity index (χ4n) is 11.1. The molecule has 7 aliphatic carbocycles. The van der Waals surface area contributed by atoms with E-state index < -0.39 is 0 Å². The monoisotopic (exact) mass is 700 g/mol. The topological polar surface area (TPSA) is 19.6 Å². The van der Waals surface area contributed by atoms with Gasteiger partial charge in [-0.15, -0.1) is 11.8 Å². The highest BCUT2D eigenvalue weighted by atomic mass is 32.2. The minimum absolute atomic E-state index is 0.212. The number of benzene rings is 1. The maximum Gasteiger partial charge on any atom is 0.132 e. The molecule has 11 rings (SSSR count). The van der Waals surface area contributed by atoms with Gasteiger partial charge in [0.15, 0.2) is 0 Å². The molecule has 4 heteroatoms. The predicted octanol–water partition coefficient (Wildman–Crippen LogP) is 12.0. The highest BCUT2D eigenvalue weighted by Crippen LogP contribution is 2.56. The van der Waals surface area contributed by atoms with E-state index in [9.17, 15) is 0 Å². The maximum absolute atomic E-state index is 6.61. The minimum atomic E-state index is 0.212. The fraction of sp³-hybridized carbons (Fsp3) is 0.375. The van der Waals surface area contributed by atoms with Crippen molar-refractivity contribution in [3.63, 3.8) is 0 Å². The third kappa shape index (κ3) is 5.00. The molecule has 0 saturated carbocycles. The molecule has 1 aromatic heterocycles. The van der Waals surface area contributed by atoms with Crippen LogP contribution in [0.15, 0.2) is 141 Å². The first-order chi connectivity index (χ1) is 25.8. The van der Waals surface area contributed by atoms with Crippen LogP contribution in [0.1, 0.15) is 92.9 Å². The standard InChI is InChI=1S/C48H48N2OS/c1-3-13-31(14-4-1)32-25-27-35-38-30-34(26-28-39(38)49(42(35)29-32)33-15-5-2-6-16-33)50(40-19-11-22-44-47(40)36-17-7-9-21-43(36)51-44)41-20-12-24-46-48(41)37-18-8-10-23-45(37)52-46/h2,5-6,9-13,15-16,20-24,26,28-30,37-40,45-46,48H,1,3-4,7-8,14,17-19,25,27H2. The second kappa shape index (κ2) is 12.8. The quantitative estimate of drug-likeness (QED) is 0.289. The Kier molecular flexibility index (Phi) is 7.70. The van der Waals surface area contributed by atoms with Crippen LogP contribution in [-0.4, -0.2) is 21.4 Å². The van der Waals surface area contributed by atoms with E-state index in [0.717, 1.165) is 43.6 Å². The van der Waals surface area contributed by atoms with Gasteiger partial charge in [0.05, 0.1) is 12.1 Å². The molecule has 9 aliphatic rings. The molecule has 0 N–H and O–H groups in total. The molecule has 0 radical (unpaired) electrons. The number of hydrogen-bond acceptors (Lipinski definition) is 4. The van der Waals surface area contributed by atoms with Crippen LogP contribution < -0.4 is 4.90 Å². The Morgan fingerprint density at radius 3 is 2.67 bits per heavy atom. The van der Waals surface area contributed by atoms with E-state index in [1.807, 2.05) is 0 Å². The van der Waals surface area contributed by atoms with E-state index in [-0.39, 0.29) is 12.1 Å². The van der Waals surface area contributed by atoms with E-state index in [1.165, 1.54) is 72.4 Å². The molecule has 0 bridgehead atoms. The van der Waals surface area contributed by atoms with Gasteiger partial charge in [-0.3, -0.25) is 0 Å². The Hall–Kier alpha value is -4.15. The van der Waals surface area contributed by atoms with Crippen molar-refractivity contribution in [3.8, 4) is 0 Å². The SMILES string of the molecule is C1=CC2SC3C=CCCC3C2C(N(C2=CC3C4=C(C=C(C5=CCCCC5)CC4)N(c4ccccc4)C3C=C2)C2CC=Cc3oc4c(c32)CCC=C4)=C1. The van der Waals surface area contributed by atoms with Gasteiger partial charge in [-0.25, -0.2) is 0 Å². The molecule has 1 aromatic carbocycles. The lowest BCUT2D eigenvalue weighted by atomic mass is 9.76. The highest BCUT2D eigenvalue weighted by Gasteiger charge is 2.49. The molecule has 0 amide bonds. The van der Waals surface area contributed by atoms with Gasteiger partial charge in [-0.2, -0.15) is 0 Å². The Labute approximate surface area is 313 Å². The van der Waals surface area contributed by atoms with Crippen molar-refractivity contribution >= 4 is 29.6 Å². The molecule has 0 spiro atoms. The van der Waals surface area contributed by atoms with Gasteiger partial charge in [0.1, 0.15) is 11.5 Å². The predicted molar refractivity (Wildman–Crippen MR) is 216 cm³/mol. The highest BCUT2D eigenvalue weighted by molar-refractivity contribution is 8.01. The fourth-order valence-corrected chi connectivity index (χ4v) is 12.9. The lowest BCUT2D eigenvalue weighted by molar-refractivity contribution is 0.248. The summed E-state index contributed by atoms with van der Waals surface area (Å²) in [7, 11) is 0. The summed E-state index contributed by atoms with van der Waals surface area (Å²) < 4.78 is 6.61. The van der Waals surface area contributed by atoms with Crippen molar-refractivity contribution in [2.45, 2.75) is 93.2 Å². The normalized spacial score (nSPS) is 32.2. The van der Waals surface area contributed by atoms with Gasteiger partial charge in [0.25, 0.3) is 0 Å². The number of nitrogens with zero attached hydrogens (tertiary/aromatic N) is 2. The van der Waals surface area contributed by atoms with E-state index in [4.69, 9.17) is 4.42 Å². The first-order valence-electron chi connectivity index (χ1n) is 20.2. The molecule has 7 atom stereocenters. The molecule has 52 heavy (non-hydrogen) atoms. The lowest BCUT2D eigenvalue weighted by Crippen LogP contribution is -2.39. The largest absolute Gasteiger partial charge is 0.457 e. The third-order valence-corrected chi connectivity index (χ3v) is 15.0. The Bertz CT molecular complexity index is 2110. The zero-order valence-electron chi connectivity index (χ0n) is 30.0. The summed E-state index contributed by atoms with van der Waals surface area (Å²) in [6, 6.07) is 11.7. The van der Waals surface area contributed by atoms with Gasteiger partial charge >= 0.3 is 0 Å². The van der Waals surface area contributed by atoms with Gasteiger partial charge < -0.3 is 14.2 Å². The zero-order chi connectivity index (χ0) is 34.2. The average molecular weight is 701 g/mol. The summed E-state index contributed by atoms with van der Waals surface area (Å²) in [5.74, 6) is 3.67. The number of rotatable bonds is 5. The van der Waals surface area contributed by atoms with Crippen LogP contribution in [0, 0.1) is 17.8 Å². The molecule has 7 unspecified atom stereocenters. The van der Waals surface area contributed by atoms with Crippen molar-refractivity contribution in [1.29, 1.82) is 0 Å². The Morgan fingerprint density at radius 1 is 0.808 bits per heavy atom. The summed E-state index contributed by atoms with van der Waals surface area (Å²) >= 11 is 2.20. The summed E-state index contributed by atoms with van der Waals surface area (Å²) in [6.45, 7) is 0. The summed E-state index contributed by atoms with van der Waals surface area (Å²) in [6.07, 6.45) is 47.4. The minimum Gasteiger partial charge on any atom is -0.457 e. The number of hydrogen-bond donors (Lipinski definition) is 0. The number of anilines is 1. The molecule has 1 saturated heterocycles. The van der Waals surface area contributed by atoms with Crippen molar-refractivity contribution < 1.29 is 4.42 Å². The van der Waals surface area contributed by atoms with E-state index in [1.54, 1.807) is 16.7 Å². The molecular formula is C48H48N2OS. The Morgan fingerprint density at radius 2 is 1.75 bits per heavy atom. The van der Waals surface area contributed by atoms with Crippen LogP contribution in [0.3, 0.4) is 0 Å². The summed E-state index contributed by atoms with van der Waals surface area (Å²) in [5, 5.41) is 1.13. The van der Waals surface area contributed by atoms with Crippen LogP contribution in [0.25, 0.3) is 12.2 Å². The Balaban J connectivity index is 1.05. The van der Waals surface area contributed by atoms with Crippen LogP contribution in [-0.2, 0) is 6.42 Å². The van der Waals surface area contributed by atoms with Crippen molar-refractivity contribution in [2.75, 3.05) is 4.90 Å². The van der Waals surface area contributed by atoms with Gasteiger partial charge in [-0.1, -0.05) is 72.9 Å². The van der Waals surface area contributed by atoms with E-state index >= 15 is 0 Å². The number of furan rings is 1. The molecular weight excluding hydrogens is 653 g/mol. The molecule has 262 valence electrons. The second-order valence-corrected chi connectivity index (χ2v) is 17.5. The van der Waals surface area contributed by atoms with Crippen LogP contribution in [0.5, 0.6) is 0 Å². The number of fused-ring (bicyclic) bond motifs is 8.